The van der Waals surface area contributed by atoms with Gasteiger partial charge in [-0.1, -0.05) is 22.4 Å². The van der Waals surface area contributed by atoms with Crippen LogP contribution < -0.4 is 10.1 Å². The van der Waals surface area contributed by atoms with E-state index in [0.717, 1.165) is 30.8 Å². The number of ether oxygens (including phenoxy) is 1. The first-order valence-corrected chi connectivity index (χ1v) is 9.68. The van der Waals surface area contributed by atoms with Crippen LogP contribution in [0.4, 0.5) is 0 Å². The third kappa shape index (κ3) is 4.00. The van der Waals surface area contributed by atoms with Crippen molar-refractivity contribution >= 4 is 11.8 Å². The van der Waals surface area contributed by atoms with E-state index in [4.69, 9.17) is 4.74 Å². The molecule has 0 spiro atoms. The van der Waals surface area contributed by atoms with Crippen LogP contribution in [0.2, 0.25) is 0 Å². The third-order valence-corrected chi connectivity index (χ3v) is 5.42. The molecule has 2 aliphatic heterocycles. The first-order valence-electron chi connectivity index (χ1n) is 9.68. The standard InChI is InChI=1S/C20H24N4O4/c1-13-17(23-28-22-13)10-19(25)24-7-6-16(12-24)20(26)21-11-14-4-5-18-15(9-14)3-2-8-27-18/h4-5,9,16H,2-3,6-8,10-12H2,1H3,(H,21,26). The Morgan fingerprint density at radius 3 is 3.04 bits per heavy atom. The van der Waals surface area contributed by atoms with Gasteiger partial charge in [0.05, 0.1) is 18.9 Å². The van der Waals surface area contributed by atoms with Crippen LogP contribution in [0, 0.1) is 12.8 Å². The number of aromatic nitrogens is 2. The molecule has 8 nitrogen and oxygen atoms in total. The Hall–Kier alpha value is -2.90. The SMILES string of the molecule is Cc1nonc1CC(=O)N1CCC(C(=O)NCc2ccc3c(c2)CCCO3)C1. The quantitative estimate of drug-likeness (QED) is 0.837. The number of hydrogen-bond donors (Lipinski definition) is 1. The summed E-state index contributed by atoms with van der Waals surface area (Å²) in [6, 6.07) is 6.07. The molecule has 1 aromatic carbocycles. The molecule has 1 unspecified atom stereocenters. The Balaban J connectivity index is 1.28. The normalized spacial score (nSPS) is 18.5. The largest absolute Gasteiger partial charge is 0.493 e. The van der Waals surface area contributed by atoms with Crippen LogP contribution in [0.3, 0.4) is 0 Å². The van der Waals surface area contributed by atoms with Crippen molar-refractivity contribution in [2.24, 2.45) is 5.92 Å². The van der Waals surface area contributed by atoms with E-state index in [1.54, 1.807) is 11.8 Å². The van der Waals surface area contributed by atoms with Crippen molar-refractivity contribution in [3.63, 3.8) is 0 Å². The Morgan fingerprint density at radius 1 is 1.32 bits per heavy atom. The molecule has 0 radical (unpaired) electrons. The second kappa shape index (κ2) is 8.00. The lowest BCUT2D eigenvalue weighted by atomic mass is 10.0. The van der Waals surface area contributed by atoms with Gasteiger partial charge in [0.25, 0.3) is 0 Å². The van der Waals surface area contributed by atoms with Crippen LogP contribution in [0.15, 0.2) is 22.8 Å². The maximum Gasteiger partial charge on any atom is 0.228 e. The van der Waals surface area contributed by atoms with E-state index in [9.17, 15) is 9.59 Å². The maximum absolute atomic E-state index is 12.5. The van der Waals surface area contributed by atoms with Gasteiger partial charge in [-0.2, -0.15) is 0 Å². The summed E-state index contributed by atoms with van der Waals surface area (Å²) >= 11 is 0. The fourth-order valence-electron chi connectivity index (χ4n) is 3.72. The van der Waals surface area contributed by atoms with Gasteiger partial charge in [-0.05, 0) is 43.4 Å². The van der Waals surface area contributed by atoms with Gasteiger partial charge in [0, 0.05) is 19.6 Å². The van der Waals surface area contributed by atoms with Crippen molar-refractivity contribution < 1.29 is 19.0 Å². The molecule has 2 amide bonds. The molecule has 2 aliphatic rings. The van der Waals surface area contributed by atoms with Gasteiger partial charge in [0.15, 0.2) is 0 Å². The van der Waals surface area contributed by atoms with Gasteiger partial charge < -0.3 is 15.0 Å². The van der Waals surface area contributed by atoms with Gasteiger partial charge in [-0.15, -0.1) is 0 Å². The lowest BCUT2D eigenvalue weighted by Gasteiger charge is -2.18. The summed E-state index contributed by atoms with van der Waals surface area (Å²) in [6.07, 6.45) is 2.86. The number of carbonyl (C=O) groups excluding carboxylic acids is 2. The van der Waals surface area contributed by atoms with E-state index in [1.165, 1.54) is 5.56 Å². The molecule has 4 rings (SSSR count). The van der Waals surface area contributed by atoms with Crippen molar-refractivity contribution in [2.45, 2.75) is 39.2 Å². The molecule has 1 atom stereocenters. The second-order valence-electron chi connectivity index (χ2n) is 7.41. The van der Waals surface area contributed by atoms with Crippen molar-refractivity contribution in [3.05, 3.63) is 40.7 Å². The highest BCUT2D eigenvalue weighted by molar-refractivity contribution is 5.83. The third-order valence-electron chi connectivity index (χ3n) is 5.42. The lowest BCUT2D eigenvalue weighted by molar-refractivity contribution is -0.130. The first kappa shape index (κ1) is 18.5. The second-order valence-corrected chi connectivity index (χ2v) is 7.41. The summed E-state index contributed by atoms with van der Waals surface area (Å²) < 4.78 is 10.3. The van der Waals surface area contributed by atoms with Crippen LogP contribution in [-0.2, 0) is 29.0 Å². The molecule has 1 N–H and O–H groups in total. The minimum absolute atomic E-state index is 0.0106. The first-order chi connectivity index (χ1) is 13.6. The smallest absolute Gasteiger partial charge is 0.228 e. The number of hydrogen-bond acceptors (Lipinski definition) is 6. The van der Waals surface area contributed by atoms with E-state index in [-0.39, 0.29) is 24.2 Å². The fourth-order valence-corrected chi connectivity index (χ4v) is 3.72. The van der Waals surface area contributed by atoms with E-state index in [2.05, 4.69) is 26.3 Å². The number of likely N-dealkylation sites (tertiary alicyclic amines) is 1. The minimum atomic E-state index is -0.179. The van der Waals surface area contributed by atoms with E-state index < -0.39 is 0 Å². The monoisotopic (exact) mass is 384 g/mol. The highest BCUT2D eigenvalue weighted by atomic mass is 16.6. The van der Waals surface area contributed by atoms with E-state index in [1.807, 2.05) is 12.1 Å². The molecule has 1 saturated heterocycles. The Bertz CT molecular complexity index is 879. The number of nitrogens with one attached hydrogen (secondary N) is 1. The number of rotatable bonds is 5. The van der Waals surface area contributed by atoms with E-state index >= 15 is 0 Å². The molecule has 1 fully saturated rings. The van der Waals surface area contributed by atoms with Gasteiger partial charge in [-0.3, -0.25) is 9.59 Å². The van der Waals surface area contributed by atoms with Gasteiger partial charge in [0.2, 0.25) is 11.8 Å². The average Bonchev–Trinajstić information content (AvgIpc) is 3.36. The molecule has 2 aromatic rings. The maximum atomic E-state index is 12.5. The Morgan fingerprint density at radius 2 is 2.21 bits per heavy atom. The molecule has 0 bridgehead atoms. The summed E-state index contributed by atoms with van der Waals surface area (Å²) in [5.41, 5.74) is 3.44. The zero-order valence-corrected chi connectivity index (χ0v) is 15.9. The lowest BCUT2D eigenvalue weighted by Crippen LogP contribution is -2.35. The van der Waals surface area contributed by atoms with Crippen LogP contribution in [0.25, 0.3) is 0 Å². The number of amides is 2. The van der Waals surface area contributed by atoms with Crippen LogP contribution in [-0.4, -0.2) is 46.7 Å². The predicted octanol–water partition coefficient (Wildman–Crippen LogP) is 1.41. The number of aryl methyl sites for hydroxylation is 2. The molecular formula is C20H24N4O4. The summed E-state index contributed by atoms with van der Waals surface area (Å²) in [6.45, 7) is 4.03. The molecule has 148 valence electrons. The van der Waals surface area contributed by atoms with Crippen LogP contribution >= 0.6 is 0 Å². The highest BCUT2D eigenvalue weighted by Gasteiger charge is 2.31. The summed E-state index contributed by atoms with van der Waals surface area (Å²) in [4.78, 5) is 26.7. The van der Waals surface area contributed by atoms with Crippen LogP contribution in [0.5, 0.6) is 5.75 Å². The van der Waals surface area contributed by atoms with Crippen molar-refractivity contribution in [1.82, 2.24) is 20.5 Å². The molecule has 8 heteroatoms. The molecular weight excluding hydrogens is 360 g/mol. The molecule has 28 heavy (non-hydrogen) atoms. The number of fused-ring (bicyclic) bond motifs is 1. The zero-order chi connectivity index (χ0) is 19.5. The number of benzene rings is 1. The predicted molar refractivity (Wildman–Crippen MR) is 99.5 cm³/mol. The minimum Gasteiger partial charge on any atom is -0.493 e. The zero-order valence-electron chi connectivity index (χ0n) is 15.9. The van der Waals surface area contributed by atoms with Crippen molar-refractivity contribution in [3.8, 4) is 5.75 Å². The van der Waals surface area contributed by atoms with Gasteiger partial charge in [-0.25, -0.2) is 4.63 Å². The summed E-state index contributed by atoms with van der Waals surface area (Å²) in [5.74, 6) is 0.706. The molecule has 0 saturated carbocycles. The fraction of sp³-hybridized carbons (Fsp3) is 0.500. The Labute approximate surface area is 163 Å². The highest BCUT2D eigenvalue weighted by Crippen LogP contribution is 2.25. The van der Waals surface area contributed by atoms with Crippen molar-refractivity contribution in [2.75, 3.05) is 19.7 Å². The van der Waals surface area contributed by atoms with Crippen molar-refractivity contribution in [1.29, 1.82) is 0 Å². The van der Waals surface area contributed by atoms with E-state index in [0.29, 0.717) is 37.4 Å². The molecule has 1 aromatic heterocycles. The number of carbonyl (C=O) groups is 2. The molecule has 0 aliphatic carbocycles. The summed E-state index contributed by atoms with van der Waals surface area (Å²) in [5, 5.41) is 10.5. The van der Waals surface area contributed by atoms with Gasteiger partial charge >= 0.3 is 0 Å². The van der Waals surface area contributed by atoms with Gasteiger partial charge in [0.1, 0.15) is 17.1 Å². The number of nitrogens with zero attached hydrogens (tertiary/aromatic N) is 3. The topological polar surface area (TPSA) is 97.6 Å². The van der Waals surface area contributed by atoms with Crippen LogP contribution in [0.1, 0.15) is 35.4 Å². The summed E-state index contributed by atoms with van der Waals surface area (Å²) in [7, 11) is 0. The Kier molecular flexibility index (Phi) is 5.27. The average molecular weight is 384 g/mol. The molecule has 3 heterocycles.